The molecule has 0 bridgehead atoms. The maximum absolute atomic E-state index is 14.1. The zero-order chi connectivity index (χ0) is 23.1. The van der Waals surface area contributed by atoms with Crippen LogP contribution in [0.4, 0.5) is 9.18 Å². The number of benzene rings is 1. The van der Waals surface area contributed by atoms with Crippen molar-refractivity contribution >= 4 is 11.9 Å². The average Bonchev–Trinajstić information content (AvgIpc) is 3.32. The molecule has 1 aromatic carbocycles. The lowest BCUT2D eigenvalue weighted by Gasteiger charge is -2.33. The van der Waals surface area contributed by atoms with Crippen LogP contribution in [-0.2, 0) is 11.2 Å². The number of carbonyl (C=O) groups is 2. The summed E-state index contributed by atoms with van der Waals surface area (Å²) in [4.78, 5) is 30.5. The number of nitrogens with zero attached hydrogens (tertiary/aromatic N) is 3. The fourth-order valence-corrected chi connectivity index (χ4v) is 5.05. The SMILES string of the molecule is CCC(Cc1cc(F)ccc1C1CCN(C(=O)CNC(=O)N2CCCC2)CC1)CN(C)C. The van der Waals surface area contributed by atoms with Crippen molar-refractivity contribution in [3.05, 3.63) is 35.1 Å². The van der Waals surface area contributed by atoms with Crippen molar-refractivity contribution in [1.29, 1.82) is 0 Å². The van der Waals surface area contributed by atoms with Crippen LogP contribution >= 0.6 is 0 Å². The quantitative estimate of drug-likeness (QED) is 0.665. The largest absolute Gasteiger partial charge is 0.341 e. The number of nitrogens with one attached hydrogen (secondary N) is 1. The van der Waals surface area contributed by atoms with Gasteiger partial charge in [-0.3, -0.25) is 4.79 Å². The molecule has 1 atom stereocenters. The van der Waals surface area contributed by atoms with Gasteiger partial charge < -0.3 is 20.0 Å². The fraction of sp³-hybridized carbons (Fsp3) is 0.680. The average molecular weight is 447 g/mol. The van der Waals surface area contributed by atoms with Crippen LogP contribution in [0.3, 0.4) is 0 Å². The highest BCUT2D eigenvalue weighted by Crippen LogP contribution is 2.32. The van der Waals surface area contributed by atoms with E-state index < -0.39 is 0 Å². The Bertz CT molecular complexity index is 771. The lowest BCUT2D eigenvalue weighted by atomic mass is 9.83. The lowest BCUT2D eigenvalue weighted by Crippen LogP contribution is -2.46. The number of halogens is 1. The van der Waals surface area contributed by atoms with Crippen molar-refractivity contribution in [2.24, 2.45) is 5.92 Å². The maximum atomic E-state index is 14.1. The van der Waals surface area contributed by atoms with Crippen LogP contribution in [0.15, 0.2) is 18.2 Å². The van der Waals surface area contributed by atoms with E-state index in [1.54, 1.807) is 17.0 Å². The van der Waals surface area contributed by atoms with Crippen LogP contribution in [0.2, 0.25) is 0 Å². The van der Waals surface area contributed by atoms with E-state index in [1.807, 2.05) is 11.0 Å². The van der Waals surface area contributed by atoms with E-state index in [-0.39, 0.29) is 24.3 Å². The summed E-state index contributed by atoms with van der Waals surface area (Å²) in [6.07, 6.45) is 5.75. The third-order valence-corrected chi connectivity index (χ3v) is 6.89. The number of rotatable bonds is 8. The summed E-state index contributed by atoms with van der Waals surface area (Å²) in [7, 11) is 4.16. The molecule has 0 saturated carbocycles. The highest BCUT2D eigenvalue weighted by atomic mass is 19.1. The molecular weight excluding hydrogens is 407 g/mol. The first-order chi connectivity index (χ1) is 15.4. The Morgan fingerprint density at radius 3 is 2.44 bits per heavy atom. The Morgan fingerprint density at radius 1 is 1.12 bits per heavy atom. The molecule has 2 aliphatic rings. The molecule has 3 rings (SSSR count). The number of hydrogen-bond donors (Lipinski definition) is 1. The normalized spacial score (nSPS) is 18.3. The molecule has 0 spiro atoms. The number of hydrogen-bond acceptors (Lipinski definition) is 3. The summed E-state index contributed by atoms with van der Waals surface area (Å²) in [6.45, 7) is 6.15. The number of piperidine rings is 1. The monoisotopic (exact) mass is 446 g/mol. The van der Waals surface area contributed by atoms with Crippen molar-refractivity contribution in [1.82, 2.24) is 20.0 Å². The minimum absolute atomic E-state index is 0.0210. The second kappa shape index (κ2) is 11.6. The van der Waals surface area contributed by atoms with Crippen molar-refractivity contribution < 1.29 is 14.0 Å². The van der Waals surface area contributed by atoms with E-state index in [1.165, 1.54) is 5.56 Å². The first-order valence-corrected chi connectivity index (χ1v) is 12.1. The standard InChI is InChI=1S/C25H39FN4O2/c1-4-19(18-28(2)3)15-21-16-22(26)7-8-23(21)20-9-13-29(14-10-20)24(31)17-27-25(32)30-11-5-6-12-30/h7-8,16,19-20H,4-6,9-15,17-18H2,1-3H3,(H,27,32). The van der Waals surface area contributed by atoms with Crippen LogP contribution < -0.4 is 5.32 Å². The molecule has 2 saturated heterocycles. The number of amides is 3. The second-order valence-corrected chi connectivity index (χ2v) is 9.59. The molecule has 1 N–H and O–H groups in total. The Morgan fingerprint density at radius 2 is 1.81 bits per heavy atom. The van der Waals surface area contributed by atoms with Gasteiger partial charge >= 0.3 is 6.03 Å². The van der Waals surface area contributed by atoms with Crippen LogP contribution in [-0.4, -0.2) is 80.0 Å². The molecule has 0 radical (unpaired) electrons. The van der Waals surface area contributed by atoms with Crippen LogP contribution in [0.5, 0.6) is 0 Å². The molecule has 2 fully saturated rings. The summed E-state index contributed by atoms with van der Waals surface area (Å²) >= 11 is 0. The van der Waals surface area contributed by atoms with E-state index in [0.717, 1.165) is 63.7 Å². The molecule has 0 aliphatic carbocycles. The smallest absolute Gasteiger partial charge is 0.317 e. The lowest BCUT2D eigenvalue weighted by molar-refractivity contribution is -0.131. The first-order valence-electron chi connectivity index (χ1n) is 12.1. The van der Waals surface area contributed by atoms with Crippen molar-refractivity contribution in [3.8, 4) is 0 Å². The number of carbonyl (C=O) groups excluding carboxylic acids is 2. The number of likely N-dealkylation sites (tertiary alicyclic amines) is 2. The van der Waals surface area contributed by atoms with Gasteiger partial charge in [-0.1, -0.05) is 19.4 Å². The van der Waals surface area contributed by atoms with Gasteiger partial charge in [-0.15, -0.1) is 0 Å². The zero-order valence-corrected chi connectivity index (χ0v) is 19.9. The summed E-state index contributed by atoms with van der Waals surface area (Å²) < 4.78 is 14.1. The minimum Gasteiger partial charge on any atom is -0.341 e. The molecule has 6 nitrogen and oxygen atoms in total. The maximum Gasteiger partial charge on any atom is 0.317 e. The molecule has 2 heterocycles. The third kappa shape index (κ3) is 6.67. The highest BCUT2D eigenvalue weighted by molar-refractivity contribution is 5.84. The van der Waals surface area contributed by atoms with Crippen molar-refractivity contribution in [2.75, 3.05) is 53.4 Å². The molecule has 178 valence electrons. The minimum atomic E-state index is -0.176. The van der Waals surface area contributed by atoms with Gasteiger partial charge in [0.25, 0.3) is 0 Å². The van der Waals surface area contributed by atoms with Gasteiger partial charge in [0.05, 0.1) is 6.54 Å². The Hall–Kier alpha value is -2.15. The zero-order valence-electron chi connectivity index (χ0n) is 19.9. The first kappa shape index (κ1) is 24.5. The van der Waals surface area contributed by atoms with Gasteiger partial charge in [-0.05, 0) is 81.3 Å². The third-order valence-electron chi connectivity index (χ3n) is 6.89. The molecule has 1 unspecified atom stereocenters. The van der Waals surface area contributed by atoms with Gasteiger partial charge in [0.2, 0.25) is 5.91 Å². The van der Waals surface area contributed by atoms with Crippen molar-refractivity contribution in [2.45, 2.75) is 51.4 Å². The van der Waals surface area contributed by atoms with E-state index in [4.69, 9.17) is 0 Å². The van der Waals surface area contributed by atoms with Crippen molar-refractivity contribution in [3.63, 3.8) is 0 Å². The van der Waals surface area contributed by atoms with E-state index >= 15 is 0 Å². The predicted octanol–water partition coefficient (Wildman–Crippen LogP) is 3.47. The van der Waals surface area contributed by atoms with Gasteiger partial charge in [0.15, 0.2) is 0 Å². The van der Waals surface area contributed by atoms with E-state index in [0.29, 0.717) is 24.9 Å². The van der Waals surface area contributed by atoms with Crippen LogP contribution in [0, 0.1) is 11.7 Å². The molecule has 2 aliphatic heterocycles. The topological polar surface area (TPSA) is 55.9 Å². The predicted molar refractivity (Wildman–Crippen MR) is 125 cm³/mol. The van der Waals surface area contributed by atoms with Crippen LogP contribution in [0.1, 0.15) is 56.1 Å². The second-order valence-electron chi connectivity index (χ2n) is 9.59. The summed E-state index contributed by atoms with van der Waals surface area (Å²) in [5.41, 5.74) is 2.35. The Kier molecular flexibility index (Phi) is 8.91. The Balaban J connectivity index is 1.55. The van der Waals surface area contributed by atoms with Gasteiger partial charge in [-0.25, -0.2) is 9.18 Å². The Labute approximate surface area is 192 Å². The molecule has 3 amide bonds. The molecule has 32 heavy (non-hydrogen) atoms. The van der Waals surface area contributed by atoms with E-state index in [2.05, 4.69) is 31.2 Å². The van der Waals surface area contributed by atoms with Gasteiger partial charge in [-0.2, -0.15) is 0 Å². The summed E-state index contributed by atoms with van der Waals surface area (Å²) in [5.74, 6) is 0.634. The highest BCUT2D eigenvalue weighted by Gasteiger charge is 2.27. The fourth-order valence-electron chi connectivity index (χ4n) is 5.05. The molecule has 7 heteroatoms. The van der Waals surface area contributed by atoms with Gasteiger partial charge in [0.1, 0.15) is 5.82 Å². The molecular formula is C25H39FN4O2. The molecule has 0 aromatic heterocycles. The number of urea groups is 1. The summed E-state index contributed by atoms with van der Waals surface area (Å²) in [5, 5.41) is 2.77. The summed E-state index contributed by atoms with van der Waals surface area (Å²) in [6, 6.07) is 5.09. The van der Waals surface area contributed by atoms with Gasteiger partial charge in [0, 0.05) is 32.7 Å². The van der Waals surface area contributed by atoms with E-state index in [9.17, 15) is 14.0 Å². The molecule has 1 aromatic rings. The van der Waals surface area contributed by atoms with Crippen LogP contribution in [0.25, 0.3) is 0 Å².